The van der Waals surface area contributed by atoms with Gasteiger partial charge in [-0.2, -0.15) is 5.26 Å². The highest BCUT2D eigenvalue weighted by atomic mass is 35.5. The molecule has 0 aliphatic heterocycles. The van der Waals surface area contributed by atoms with Gasteiger partial charge in [-0.1, -0.05) is 17.7 Å². The normalized spacial score (nSPS) is 9.83. The molecule has 0 amide bonds. The van der Waals surface area contributed by atoms with Crippen LogP contribution in [0, 0.1) is 11.3 Å². The van der Waals surface area contributed by atoms with Gasteiger partial charge in [0.2, 0.25) is 5.95 Å². The minimum atomic E-state index is 0.109. The van der Waals surface area contributed by atoms with Crippen LogP contribution in [0.25, 0.3) is 11.3 Å². The van der Waals surface area contributed by atoms with Gasteiger partial charge in [-0.05, 0) is 12.1 Å². The number of hydrogen-bond donors (Lipinski definition) is 1. The number of halogens is 1. The maximum Gasteiger partial charge on any atom is 0.220 e. The first-order valence-electron chi connectivity index (χ1n) is 5.02. The molecule has 1 aromatic heterocycles. The topological polar surface area (TPSA) is 84.8 Å². The zero-order valence-corrected chi connectivity index (χ0v) is 10.3. The second-order valence-corrected chi connectivity index (χ2v) is 3.86. The van der Waals surface area contributed by atoms with E-state index in [0.29, 0.717) is 27.6 Å². The molecule has 0 atom stereocenters. The van der Waals surface area contributed by atoms with Gasteiger partial charge in [0.25, 0.3) is 0 Å². The van der Waals surface area contributed by atoms with E-state index in [0.717, 1.165) is 0 Å². The van der Waals surface area contributed by atoms with Gasteiger partial charge < -0.3 is 10.5 Å². The van der Waals surface area contributed by atoms with E-state index in [2.05, 4.69) is 9.97 Å². The van der Waals surface area contributed by atoms with Gasteiger partial charge in [-0.15, -0.1) is 0 Å². The number of hydrogen-bond acceptors (Lipinski definition) is 5. The van der Waals surface area contributed by atoms with E-state index in [1.165, 1.54) is 13.3 Å². The summed E-state index contributed by atoms with van der Waals surface area (Å²) < 4.78 is 5.12. The SMILES string of the molecule is COc1cc(-c2nc(N)ncc2C#N)ccc1Cl. The van der Waals surface area contributed by atoms with Crippen LogP contribution in [-0.2, 0) is 0 Å². The van der Waals surface area contributed by atoms with Crippen LogP contribution in [0.5, 0.6) is 5.75 Å². The van der Waals surface area contributed by atoms with E-state index < -0.39 is 0 Å². The number of rotatable bonds is 2. The largest absolute Gasteiger partial charge is 0.495 e. The zero-order chi connectivity index (χ0) is 13.1. The highest BCUT2D eigenvalue weighted by Crippen LogP contribution is 2.30. The number of benzene rings is 1. The predicted octanol–water partition coefficient (Wildman–Crippen LogP) is 2.26. The third kappa shape index (κ3) is 2.19. The van der Waals surface area contributed by atoms with E-state index in [1.54, 1.807) is 18.2 Å². The molecule has 5 nitrogen and oxygen atoms in total. The first-order valence-corrected chi connectivity index (χ1v) is 5.40. The van der Waals surface area contributed by atoms with Crippen molar-refractivity contribution >= 4 is 17.5 Å². The smallest absolute Gasteiger partial charge is 0.220 e. The number of nitrogens with two attached hydrogens (primary N) is 1. The van der Waals surface area contributed by atoms with E-state index in [-0.39, 0.29) is 5.95 Å². The third-order valence-electron chi connectivity index (χ3n) is 2.35. The van der Waals surface area contributed by atoms with Crippen molar-refractivity contribution in [3.8, 4) is 23.1 Å². The number of aromatic nitrogens is 2. The van der Waals surface area contributed by atoms with E-state index >= 15 is 0 Å². The molecule has 2 N–H and O–H groups in total. The van der Waals surface area contributed by atoms with Crippen molar-refractivity contribution in [1.82, 2.24) is 9.97 Å². The molecule has 0 saturated carbocycles. The summed E-state index contributed by atoms with van der Waals surface area (Å²) in [5.41, 5.74) is 7.03. The van der Waals surface area contributed by atoms with Gasteiger partial charge in [-0.25, -0.2) is 9.97 Å². The lowest BCUT2D eigenvalue weighted by molar-refractivity contribution is 0.415. The maximum absolute atomic E-state index is 9.02. The van der Waals surface area contributed by atoms with E-state index in [4.69, 9.17) is 27.3 Å². The number of nitrogen functional groups attached to an aromatic ring is 1. The Kier molecular flexibility index (Phi) is 3.31. The molecule has 0 saturated heterocycles. The average Bonchev–Trinajstić information content (AvgIpc) is 2.39. The highest BCUT2D eigenvalue weighted by Gasteiger charge is 2.10. The summed E-state index contributed by atoms with van der Waals surface area (Å²) >= 11 is 5.94. The van der Waals surface area contributed by atoms with Gasteiger partial charge in [-0.3, -0.25) is 0 Å². The van der Waals surface area contributed by atoms with E-state index in [1.807, 2.05) is 6.07 Å². The molecular weight excluding hydrogens is 252 g/mol. The molecule has 90 valence electrons. The molecule has 18 heavy (non-hydrogen) atoms. The average molecular weight is 261 g/mol. The van der Waals surface area contributed by atoms with Crippen LogP contribution < -0.4 is 10.5 Å². The van der Waals surface area contributed by atoms with Crippen LogP contribution in [0.3, 0.4) is 0 Å². The molecule has 0 bridgehead atoms. The summed E-state index contributed by atoms with van der Waals surface area (Å²) in [5.74, 6) is 0.619. The molecule has 2 rings (SSSR count). The van der Waals surface area contributed by atoms with Crippen molar-refractivity contribution < 1.29 is 4.74 Å². The summed E-state index contributed by atoms with van der Waals surface area (Å²) in [5, 5.41) is 9.51. The Labute approximate surface area is 109 Å². The van der Waals surface area contributed by atoms with Gasteiger partial charge in [0.15, 0.2) is 0 Å². The summed E-state index contributed by atoms with van der Waals surface area (Å²) in [7, 11) is 1.52. The second kappa shape index (κ2) is 4.90. The fourth-order valence-electron chi connectivity index (χ4n) is 1.50. The summed E-state index contributed by atoms with van der Waals surface area (Å²) in [6.07, 6.45) is 1.39. The van der Waals surface area contributed by atoms with Crippen LogP contribution in [0.1, 0.15) is 5.56 Å². The number of ether oxygens (including phenoxy) is 1. The number of anilines is 1. The maximum atomic E-state index is 9.02. The van der Waals surface area contributed by atoms with Gasteiger partial charge >= 0.3 is 0 Å². The lowest BCUT2D eigenvalue weighted by Gasteiger charge is -2.07. The van der Waals surface area contributed by atoms with Crippen LogP contribution in [0.4, 0.5) is 5.95 Å². The van der Waals surface area contributed by atoms with Crippen LogP contribution >= 0.6 is 11.6 Å². The van der Waals surface area contributed by atoms with Crippen LogP contribution in [0.2, 0.25) is 5.02 Å². The van der Waals surface area contributed by atoms with Gasteiger partial charge in [0, 0.05) is 5.56 Å². The fraction of sp³-hybridized carbons (Fsp3) is 0.0833. The Morgan fingerprint density at radius 2 is 2.22 bits per heavy atom. The van der Waals surface area contributed by atoms with Gasteiger partial charge in [0.1, 0.15) is 11.8 Å². The van der Waals surface area contributed by atoms with Crippen LogP contribution in [0.15, 0.2) is 24.4 Å². The molecule has 1 aromatic carbocycles. The molecule has 0 spiro atoms. The third-order valence-corrected chi connectivity index (χ3v) is 2.66. The Morgan fingerprint density at radius 1 is 1.44 bits per heavy atom. The molecule has 2 aromatic rings. The molecule has 0 aliphatic carbocycles. The van der Waals surface area contributed by atoms with Crippen molar-refractivity contribution in [2.45, 2.75) is 0 Å². The lowest BCUT2D eigenvalue weighted by atomic mass is 10.1. The predicted molar refractivity (Wildman–Crippen MR) is 68.2 cm³/mol. The molecule has 0 unspecified atom stereocenters. The van der Waals surface area contributed by atoms with Crippen molar-refractivity contribution in [1.29, 1.82) is 5.26 Å². The van der Waals surface area contributed by atoms with Crippen molar-refractivity contribution in [2.75, 3.05) is 12.8 Å². The Morgan fingerprint density at radius 3 is 2.89 bits per heavy atom. The number of methoxy groups -OCH3 is 1. The minimum Gasteiger partial charge on any atom is -0.495 e. The zero-order valence-electron chi connectivity index (χ0n) is 9.51. The Bertz CT molecular complexity index is 636. The standard InChI is InChI=1S/C12H9ClN4O/c1-18-10-4-7(2-3-9(10)13)11-8(5-14)6-16-12(15)17-11/h2-4,6H,1H3,(H2,15,16,17). The van der Waals surface area contributed by atoms with Crippen LogP contribution in [-0.4, -0.2) is 17.1 Å². The second-order valence-electron chi connectivity index (χ2n) is 3.45. The minimum absolute atomic E-state index is 0.109. The summed E-state index contributed by atoms with van der Waals surface area (Å²) in [4.78, 5) is 7.85. The quantitative estimate of drug-likeness (QED) is 0.895. The summed E-state index contributed by atoms with van der Waals surface area (Å²) in [6.45, 7) is 0. The van der Waals surface area contributed by atoms with E-state index in [9.17, 15) is 0 Å². The first-order chi connectivity index (χ1) is 8.65. The van der Waals surface area contributed by atoms with Gasteiger partial charge in [0.05, 0.1) is 29.6 Å². The highest BCUT2D eigenvalue weighted by molar-refractivity contribution is 6.32. The molecule has 0 aliphatic rings. The number of nitrogens with zero attached hydrogens (tertiary/aromatic N) is 3. The molecule has 0 fully saturated rings. The molecule has 0 radical (unpaired) electrons. The molecular formula is C12H9ClN4O. The van der Waals surface area contributed by atoms with Crippen molar-refractivity contribution in [3.05, 3.63) is 35.0 Å². The first kappa shape index (κ1) is 12.1. The van der Waals surface area contributed by atoms with Crippen molar-refractivity contribution in [3.63, 3.8) is 0 Å². The van der Waals surface area contributed by atoms with Crippen molar-refractivity contribution in [2.24, 2.45) is 0 Å². The Balaban J connectivity index is 2.62. The number of nitriles is 1. The molecule has 1 heterocycles. The molecule has 6 heteroatoms. The summed E-state index contributed by atoms with van der Waals surface area (Å²) in [6, 6.07) is 7.14. The fourth-order valence-corrected chi connectivity index (χ4v) is 1.70. The Hall–Kier alpha value is -2.32. The monoisotopic (exact) mass is 260 g/mol. The lowest BCUT2D eigenvalue weighted by Crippen LogP contribution is -1.99.